The molecule has 0 aliphatic carbocycles. The number of carbonyl (C=O) groups excluding carboxylic acids is 2. The number of ether oxygens (including phenoxy) is 1. The van der Waals surface area contributed by atoms with Crippen molar-refractivity contribution in [3.8, 4) is 11.4 Å². The Morgan fingerprint density at radius 1 is 0.947 bits per heavy atom. The molecule has 198 valence electrons. The molecule has 3 aliphatic heterocycles. The van der Waals surface area contributed by atoms with E-state index in [1.165, 1.54) is 6.07 Å². The minimum Gasteiger partial charge on any atom is -0.381 e. The van der Waals surface area contributed by atoms with Crippen molar-refractivity contribution in [1.29, 1.82) is 0 Å². The molecule has 10 heteroatoms. The number of halogens is 2. The number of fused-ring (bicyclic) bond motifs is 1. The van der Waals surface area contributed by atoms with Gasteiger partial charge in [-0.2, -0.15) is 0 Å². The van der Waals surface area contributed by atoms with E-state index in [-0.39, 0.29) is 41.1 Å². The quantitative estimate of drug-likeness (QED) is 0.527. The summed E-state index contributed by atoms with van der Waals surface area (Å²) in [7, 11) is 0. The Balaban J connectivity index is 0.000000190. The smallest absolute Gasteiger partial charge is 0.257 e. The largest absolute Gasteiger partial charge is 0.381 e. The predicted molar refractivity (Wildman–Crippen MR) is 138 cm³/mol. The molecule has 2 fully saturated rings. The summed E-state index contributed by atoms with van der Waals surface area (Å²) in [6.07, 6.45) is 3.09. The molecule has 2 saturated heterocycles. The van der Waals surface area contributed by atoms with Crippen molar-refractivity contribution in [3.63, 3.8) is 0 Å². The van der Waals surface area contributed by atoms with Crippen molar-refractivity contribution >= 4 is 23.3 Å². The third-order valence-electron chi connectivity index (χ3n) is 6.99. The maximum Gasteiger partial charge on any atom is 0.257 e. The summed E-state index contributed by atoms with van der Waals surface area (Å²) in [6.45, 7) is 4.82. The van der Waals surface area contributed by atoms with Gasteiger partial charge in [-0.1, -0.05) is 31.2 Å². The number of amides is 2. The lowest BCUT2D eigenvalue weighted by atomic mass is 10.1. The topological polar surface area (TPSA) is 96.5 Å². The molecule has 1 aromatic heterocycles. The molecule has 3 aliphatic rings. The number of hydrogen-bond donors (Lipinski definition) is 2. The molecule has 2 amide bonds. The fraction of sp³-hybridized carbons (Fsp3) is 0.357. The summed E-state index contributed by atoms with van der Waals surface area (Å²) in [5.41, 5.74) is 1.06. The zero-order valence-corrected chi connectivity index (χ0v) is 21.0. The van der Waals surface area contributed by atoms with E-state index in [4.69, 9.17) is 4.74 Å². The number of likely N-dealkylation sites (tertiary alicyclic amines) is 1. The van der Waals surface area contributed by atoms with Crippen molar-refractivity contribution < 1.29 is 23.1 Å². The van der Waals surface area contributed by atoms with E-state index in [1.54, 1.807) is 12.1 Å². The number of hydrogen-bond acceptors (Lipinski definition) is 6. The highest BCUT2D eigenvalue weighted by Crippen LogP contribution is 2.30. The Labute approximate surface area is 219 Å². The Bertz CT molecular complexity index is 1310. The van der Waals surface area contributed by atoms with E-state index >= 15 is 0 Å². The molecule has 1 unspecified atom stereocenters. The van der Waals surface area contributed by atoms with Crippen molar-refractivity contribution in [2.24, 2.45) is 5.92 Å². The van der Waals surface area contributed by atoms with Crippen molar-refractivity contribution in [2.45, 2.75) is 38.8 Å². The average Bonchev–Trinajstić information content (AvgIpc) is 3.47. The van der Waals surface area contributed by atoms with Crippen LogP contribution in [0.5, 0.6) is 0 Å². The summed E-state index contributed by atoms with van der Waals surface area (Å²) in [6, 6.07) is 13.1. The van der Waals surface area contributed by atoms with Crippen LogP contribution in [0.2, 0.25) is 0 Å². The van der Waals surface area contributed by atoms with Crippen LogP contribution in [-0.4, -0.2) is 52.5 Å². The van der Waals surface area contributed by atoms with Gasteiger partial charge in [-0.15, -0.1) is 0 Å². The molecule has 8 nitrogen and oxygen atoms in total. The Hall–Kier alpha value is -3.92. The number of aromatic nitrogens is 2. The molecule has 2 aromatic carbocycles. The second-order valence-electron chi connectivity index (χ2n) is 9.55. The summed E-state index contributed by atoms with van der Waals surface area (Å²) in [5, 5.41) is 5.68. The van der Waals surface area contributed by atoms with Crippen LogP contribution >= 0.6 is 0 Å². The number of benzene rings is 2. The fourth-order valence-electron chi connectivity index (χ4n) is 4.91. The summed E-state index contributed by atoms with van der Waals surface area (Å²) in [4.78, 5) is 34.2. The van der Waals surface area contributed by atoms with Crippen LogP contribution in [0, 0.1) is 17.6 Å². The second kappa shape index (κ2) is 11.2. The van der Waals surface area contributed by atoms with Crippen molar-refractivity contribution in [1.82, 2.24) is 20.2 Å². The maximum absolute atomic E-state index is 14.1. The number of anilines is 2. The SMILES string of the molecule is CC1CCN(C2CCOCC2)C1=O.O=C1NCc2nc(-c3c(F)cccc3F)nc(Nc3ccccc3)c21. The van der Waals surface area contributed by atoms with Crippen LogP contribution in [0.3, 0.4) is 0 Å². The number of carbonyl (C=O) groups is 2. The second-order valence-corrected chi connectivity index (χ2v) is 9.55. The molecule has 2 N–H and O–H groups in total. The van der Waals surface area contributed by atoms with Gasteiger partial charge in [-0.3, -0.25) is 9.59 Å². The summed E-state index contributed by atoms with van der Waals surface area (Å²) in [5.74, 6) is -1.14. The van der Waals surface area contributed by atoms with Crippen LogP contribution in [-0.2, 0) is 16.1 Å². The van der Waals surface area contributed by atoms with Crippen LogP contribution in [0.15, 0.2) is 48.5 Å². The summed E-state index contributed by atoms with van der Waals surface area (Å²) < 4.78 is 33.5. The molecular weight excluding hydrogens is 492 g/mol. The highest BCUT2D eigenvalue weighted by Gasteiger charge is 2.33. The number of nitrogens with zero attached hydrogens (tertiary/aromatic N) is 3. The van der Waals surface area contributed by atoms with Gasteiger partial charge in [0.15, 0.2) is 5.82 Å². The van der Waals surface area contributed by atoms with E-state index in [0.29, 0.717) is 23.3 Å². The zero-order chi connectivity index (χ0) is 26.6. The minimum atomic E-state index is -0.761. The molecule has 0 bridgehead atoms. The minimum absolute atomic E-state index is 0.107. The highest BCUT2D eigenvalue weighted by atomic mass is 19.1. The van der Waals surface area contributed by atoms with Gasteiger partial charge < -0.3 is 20.3 Å². The lowest BCUT2D eigenvalue weighted by molar-refractivity contribution is -0.134. The van der Waals surface area contributed by atoms with E-state index in [0.717, 1.165) is 51.2 Å². The van der Waals surface area contributed by atoms with Crippen LogP contribution in [0.4, 0.5) is 20.3 Å². The highest BCUT2D eigenvalue weighted by molar-refractivity contribution is 6.03. The van der Waals surface area contributed by atoms with Gasteiger partial charge in [0.1, 0.15) is 23.0 Å². The lowest BCUT2D eigenvalue weighted by Crippen LogP contribution is -2.40. The van der Waals surface area contributed by atoms with Crippen LogP contribution in [0.1, 0.15) is 42.2 Å². The normalized spacial score (nSPS) is 19.0. The zero-order valence-electron chi connectivity index (χ0n) is 21.0. The molecule has 4 heterocycles. The molecule has 38 heavy (non-hydrogen) atoms. The first-order valence-corrected chi connectivity index (χ1v) is 12.8. The first-order valence-electron chi connectivity index (χ1n) is 12.8. The molecule has 0 radical (unpaired) electrons. The van der Waals surface area contributed by atoms with E-state index in [1.807, 2.05) is 25.1 Å². The third-order valence-corrected chi connectivity index (χ3v) is 6.99. The number of rotatable bonds is 4. The summed E-state index contributed by atoms with van der Waals surface area (Å²) >= 11 is 0. The van der Waals surface area contributed by atoms with E-state index in [2.05, 4.69) is 25.5 Å². The van der Waals surface area contributed by atoms with Gasteiger partial charge in [0, 0.05) is 37.4 Å². The molecule has 3 aromatic rings. The lowest BCUT2D eigenvalue weighted by Gasteiger charge is -2.31. The van der Waals surface area contributed by atoms with Crippen molar-refractivity contribution in [2.75, 3.05) is 25.1 Å². The maximum atomic E-state index is 14.1. The van der Waals surface area contributed by atoms with Gasteiger partial charge in [0.05, 0.1) is 17.8 Å². The molecule has 6 rings (SSSR count). The Kier molecular flexibility index (Phi) is 7.59. The van der Waals surface area contributed by atoms with Gasteiger partial charge >= 0.3 is 0 Å². The van der Waals surface area contributed by atoms with Gasteiger partial charge in [0.25, 0.3) is 5.91 Å². The monoisotopic (exact) mass is 521 g/mol. The third kappa shape index (κ3) is 5.35. The van der Waals surface area contributed by atoms with E-state index < -0.39 is 11.6 Å². The first kappa shape index (κ1) is 25.7. The number of para-hydroxylation sites is 1. The van der Waals surface area contributed by atoms with Crippen LogP contribution in [0.25, 0.3) is 11.4 Å². The van der Waals surface area contributed by atoms with Gasteiger partial charge in [-0.25, -0.2) is 18.7 Å². The molecule has 0 spiro atoms. The average molecular weight is 522 g/mol. The molecule has 0 saturated carbocycles. The van der Waals surface area contributed by atoms with Gasteiger partial charge in [0.2, 0.25) is 5.91 Å². The first-order chi connectivity index (χ1) is 18.4. The molecular formula is C28H29F2N5O3. The standard InChI is InChI=1S/C18H12F2N4O.C10H17NO2/c19-11-7-4-8-12(20)14(11)16-23-13-9-21-18(25)15(13)17(24-16)22-10-5-2-1-3-6-10;1-8-2-5-11(10(8)12)9-3-6-13-7-4-9/h1-8H,9H2,(H,21,25)(H,22,23,24);8-9H,2-7H2,1H3. The van der Waals surface area contributed by atoms with Crippen LogP contribution < -0.4 is 10.6 Å². The molecule has 1 atom stereocenters. The van der Waals surface area contributed by atoms with Crippen molar-refractivity contribution in [3.05, 3.63) is 71.4 Å². The van der Waals surface area contributed by atoms with Gasteiger partial charge in [-0.05, 0) is 43.5 Å². The Morgan fingerprint density at radius 3 is 2.32 bits per heavy atom. The van der Waals surface area contributed by atoms with E-state index in [9.17, 15) is 18.4 Å². The predicted octanol–water partition coefficient (Wildman–Crippen LogP) is 4.44. The Morgan fingerprint density at radius 2 is 1.66 bits per heavy atom. The number of nitrogens with one attached hydrogen (secondary N) is 2. The fourth-order valence-corrected chi connectivity index (χ4v) is 4.91.